The molecule has 1 N–H and O–H groups in total. The summed E-state index contributed by atoms with van der Waals surface area (Å²) in [6, 6.07) is 0.228. The Morgan fingerprint density at radius 2 is 0.972 bits per heavy atom. The van der Waals surface area contributed by atoms with E-state index in [0.29, 0.717) is 24.5 Å². The molecule has 2 atom stereocenters. The highest BCUT2D eigenvalue weighted by Crippen LogP contribution is 2.28. The third-order valence-corrected chi connectivity index (χ3v) is 8.31. The van der Waals surface area contributed by atoms with Gasteiger partial charge in [-0.2, -0.15) is 0 Å². The van der Waals surface area contributed by atoms with Crippen LogP contribution in [0.15, 0.2) is 0 Å². The molecule has 0 radical (unpaired) electrons. The summed E-state index contributed by atoms with van der Waals surface area (Å²) >= 11 is 0. The molecule has 0 spiro atoms. The van der Waals surface area contributed by atoms with E-state index in [1.54, 1.807) is 0 Å². The summed E-state index contributed by atoms with van der Waals surface area (Å²) < 4.78 is 0. The minimum absolute atomic E-state index is 0.216. The summed E-state index contributed by atoms with van der Waals surface area (Å²) in [6.45, 7) is 4.54. The molecule has 1 rings (SSSR count). The number of carbonyl (C=O) groups is 2. The van der Waals surface area contributed by atoms with E-state index in [2.05, 4.69) is 19.2 Å². The van der Waals surface area contributed by atoms with Crippen LogP contribution in [0.1, 0.15) is 187 Å². The van der Waals surface area contributed by atoms with Crippen LogP contribution in [0.2, 0.25) is 0 Å². The second kappa shape index (κ2) is 24.5. The van der Waals surface area contributed by atoms with Crippen molar-refractivity contribution in [3.05, 3.63) is 0 Å². The monoisotopic (exact) mass is 505 g/mol. The quantitative estimate of drug-likeness (QED) is 0.125. The first-order valence-electron chi connectivity index (χ1n) is 16.5. The molecular weight excluding hydrogens is 442 g/mol. The van der Waals surface area contributed by atoms with Gasteiger partial charge in [0.05, 0.1) is 0 Å². The number of hydrogen-bond donors (Lipinski definition) is 1. The molecule has 3 nitrogen and oxygen atoms in total. The fraction of sp³-hybridized carbons (Fsp3) is 0.939. The van der Waals surface area contributed by atoms with E-state index in [1.165, 1.54) is 128 Å². The number of hydrogen-bond acceptors (Lipinski definition) is 2. The van der Waals surface area contributed by atoms with Crippen LogP contribution in [0, 0.1) is 5.92 Å². The van der Waals surface area contributed by atoms with E-state index < -0.39 is 0 Å². The van der Waals surface area contributed by atoms with Crippen molar-refractivity contribution in [1.29, 1.82) is 0 Å². The minimum Gasteiger partial charge on any atom is -0.353 e. The molecule has 0 aliphatic heterocycles. The fourth-order valence-corrected chi connectivity index (χ4v) is 5.90. The molecule has 0 saturated heterocycles. The first kappa shape index (κ1) is 33.2. The molecule has 0 aromatic carbocycles. The van der Waals surface area contributed by atoms with Gasteiger partial charge in [0.25, 0.3) is 0 Å². The van der Waals surface area contributed by atoms with E-state index in [-0.39, 0.29) is 11.9 Å². The molecule has 0 bridgehead atoms. The average molecular weight is 506 g/mol. The van der Waals surface area contributed by atoms with Gasteiger partial charge in [0, 0.05) is 25.3 Å². The fourth-order valence-electron chi connectivity index (χ4n) is 5.90. The summed E-state index contributed by atoms with van der Waals surface area (Å²) in [6.07, 6.45) is 32.7. The highest BCUT2D eigenvalue weighted by Gasteiger charge is 2.27. The van der Waals surface area contributed by atoms with Crippen LogP contribution in [-0.2, 0) is 9.59 Å². The first-order valence-corrected chi connectivity index (χ1v) is 16.5. The van der Waals surface area contributed by atoms with Crippen molar-refractivity contribution < 1.29 is 9.59 Å². The normalized spacial score (nSPS) is 17.8. The zero-order valence-corrected chi connectivity index (χ0v) is 24.6. The molecule has 36 heavy (non-hydrogen) atoms. The summed E-state index contributed by atoms with van der Waals surface area (Å²) in [7, 11) is 0. The van der Waals surface area contributed by atoms with Gasteiger partial charge in [0.1, 0.15) is 5.78 Å². The summed E-state index contributed by atoms with van der Waals surface area (Å²) in [4.78, 5) is 25.2. The smallest absolute Gasteiger partial charge is 0.220 e. The second-order valence-corrected chi connectivity index (χ2v) is 11.8. The van der Waals surface area contributed by atoms with Crippen molar-refractivity contribution in [2.24, 2.45) is 5.92 Å². The number of amides is 1. The number of unbranched alkanes of at least 4 members (excludes halogenated alkanes) is 18. The Morgan fingerprint density at radius 3 is 1.47 bits per heavy atom. The van der Waals surface area contributed by atoms with Gasteiger partial charge < -0.3 is 5.32 Å². The van der Waals surface area contributed by atoms with Crippen molar-refractivity contribution >= 4 is 11.7 Å². The molecule has 1 aliphatic carbocycles. The van der Waals surface area contributed by atoms with Crippen LogP contribution in [0.3, 0.4) is 0 Å². The molecule has 0 unspecified atom stereocenters. The Kier molecular flexibility index (Phi) is 22.6. The van der Waals surface area contributed by atoms with E-state index in [9.17, 15) is 9.59 Å². The average Bonchev–Trinajstić information content (AvgIpc) is 2.87. The molecule has 0 aromatic rings. The van der Waals surface area contributed by atoms with Crippen LogP contribution in [-0.4, -0.2) is 17.7 Å². The largest absolute Gasteiger partial charge is 0.353 e. The summed E-state index contributed by atoms with van der Waals surface area (Å²) in [5, 5.41) is 3.32. The lowest BCUT2D eigenvalue weighted by atomic mass is 9.80. The maximum absolute atomic E-state index is 12.6. The van der Waals surface area contributed by atoms with Gasteiger partial charge in [0.15, 0.2) is 0 Å². The van der Waals surface area contributed by atoms with Crippen molar-refractivity contribution in [3.8, 4) is 0 Å². The Bertz CT molecular complexity index is 472. The third-order valence-electron chi connectivity index (χ3n) is 8.31. The van der Waals surface area contributed by atoms with Gasteiger partial charge in [-0.05, 0) is 31.6 Å². The number of nitrogens with one attached hydrogen (secondary N) is 1. The molecule has 1 saturated carbocycles. The van der Waals surface area contributed by atoms with Crippen molar-refractivity contribution in [1.82, 2.24) is 5.32 Å². The van der Waals surface area contributed by atoms with E-state index >= 15 is 0 Å². The predicted octanol–water partition coefficient (Wildman–Crippen LogP) is 10.2. The summed E-state index contributed by atoms with van der Waals surface area (Å²) in [5.74, 6) is 1.01. The number of rotatable bonds is 25. The van der Waals surface area contributed by atoms with Crippen LogP contribution < -0.4 is 5.32 Å². The molecule has 0 heterocycles. The van der Waals surface area contributed by atoms with Crippen LogP contribution in [0.4, 0.5) is 0 Å². The predicted molar refractivity (Wildman–Crippen MR) is 156 cm³/mol. The Balaban J connectivity index is 2.07. The molecule has 1 amide bonds. The van der Waals surface area contributed by atoms with Crippen molar-refractivity contribution in [2.75, 3.05) is 0 Å². The van der Waals surface area contributed by atoms with Crippen LogP contribution in [0.5, 0.6) is 0 Å². The Hall–Kier alpha value is -0.860. The van der Waals surface area contributed by atoms with Gasteiger partial charge >= 0.3 is 0 Å². The van der Waals surface area contributed by atoms with Gasteiger partial charge in [-0.3, -0.25) is 9.59 Å². The molecule has 0 aromatic heterocycles. The highest BCUT2D eigenvalue weighted by molar-refractivity contribution is 5.79. The SMILES string of the molecule is CCCCCCCCCCCCC(=O)C[C@@H]1CCCC[C@H]1NC(=O)CCCCCCCCCCCC. The molecular formula is C33H63NO2. The van der Waals surface area contributed by atoms with Crippen molar-refractivity contribution in [2.45, 2.75) is 193 Å². The first-order chi connectivity index (χ1) is 17.7. The number of Topliss-reactive ketones (excluding diaryl/α,β-unsaturated/α-hetero) is 1. The van der Waals surface area contributed by atoms with Crippen molar-refractivity contribution in [3.63, 3.8) is 0 Å². The molecule has 1 fully saturated rings. The van der Waals surface area contributed by atoms with Gasteiger partial charge in [-0.25, -0.2) is 0 Å². The van der Waals surface area contributed by atoms with E-state index in [4.69, 9.17) is 0 Å². The number of ketones is 1. The lowest BCUT2D eigenvalue weighted by Crippen LogP contribution is -2.42. The van der Waals surface area contributed by atoms with E-state index in [0.717, 1.165) is 32.1 Å². The highest BCUT2D eigenvalue weighted by atomic mass is 16.1. The topological polar surface area (TPSA) is 46.2 Å². The molecule has 212 valence electrons. The zero-order valence-electron chi connectivity index (χ0n) is 24.6. The zero-order chi connectivity index (χ0) is 26.1. The van der Waals surface area contributed by atoms with E-state index in [1.807, 2.05) is 0 Å². The number of carbonyl (C=O) groups excluding carboxylic acids is 2. The summed E-state index contributed by atoms with van der Waals surface area (Å²) in [5.41, 5.74) is 0. The lowest BCUT2D eigenvalue weighted by Gasteiger charge is -2.32. The Labute approximate surface area is 225 Å². The maximum atomic E-state index is 12.6. The van der Waals surface area contributed by atoms with Gasteiger partial charge in [-0.15, -0.1) is 0 Å². The molecule has 3 heteroatoms. The minimum atomic E-state index is 0.216. The molecule has 1 aliphatic rings. The third kappa shape index (κ3) is 19.3. The standard InChI is InChI=1S/C33H63NO2/c1-3-5-7-9-11-13-15-17-19-21-26-31(35)29-30-25-23-24-27-32(30)34-33(36)28-22-20-18-16-14-12-10-8-6-4-2/h30,32H,3-29H2,1-2H3,(H,34,36)/t30-,32+/m0/s1. The lowest BCUT2D eigenvalue weighted by molar-refractivity contribution is -0.124. The van der Waals surface area contributed by atoms with Crippen LogP contribution in [0.25, 0.3) is 0 Å². The Morgan fingerprint density at radius 1 is 0.556 bits per heavy atom. The second-order valence-electron chi connectivity index (χ2n) is 11.8. The van der Waals surface area contributed by atoms with Gasteiger partial charge in [0.2, 0.25) is 5.91 Å². The van der Waals surface area contributed by atoms with Gasteiger partial charge in [-0.1, -0.05) is 142 Å². The maximum Gasteiger partial charge on any atom is 0.220 e. The van der Waals surface area contributed by atoms with Crippen LogP contribution >= 0.6 is 0 Å².